The van der Waals surface area contributed by atoms with Crippen LogP contribution in [0.4, 0.5) is 0 Å². The van der Waals surface area contributed by atoms with E-state index < -0.39 is 5.97 Å². The number of rotatable bonds is 4. The van der Waals surface area contributed by atoms with Crippen molar-refractivity contribution in [2.75, 3.05) is 0 Å². The van der Waals surface area contributed by atoms with Crippen LogP contribution in [0.25, 0.3) is 0 Å². The molecular formula is C8H14O3. The molecule has 0 aromatic heterocycles. The Morgan fingerprint density at radius 2 is 2.27 bits per heavy atom. The minimum Gasteiger partial charge on any atom is -0.296 e. The van der Waals surface area contributed by atoms with E-state index >= 15 is 0 Å². The highest BCUT2D eigenvalue weighted by atomic mass is 17.1. The summed E-state index contributed by atoms with van der Waals surface area (Å²) >= 11 is 0. The summed E-state index contributed by atoms with van der Waals surface area (Å²) in [5.74, 6) is -0.666. The molecule has 0 atom stereocenters. The van der Waals surface area contributed by atoms with Crippen molar-refractivity contribution in [1.82, 2.24) is 0 Å². The molecule has 0 amide bonds. The topological polar surface area (TPSA) is 46.5 Å². The van der Waals surface area contributed by atoms with Gasteiger partial charge in [0, 0.05) is 5.57 Å². The van der Waals surface area contributed by atoms with Crippen LogP contribution in [0.2, 0.25) is 0 Å². The predicted molar refractivity (Wildman–Crippen MR) is 42.0 cm³/mol. The van der Waals surface area contributed by atoms with Crippen molar-refractivity contribution < 1.29 is 14.9 Å². The van der Waals surface area contributed by atoms with Crippen LogP contribution < -0.4 is 0 Å². The van der Waals surface area contributed by atoms with E-state index in [-0.39, 0.29) is 0 Å². The van der Waals surface area contributed by atoms with Crippen LogP contribution in [0.15, 0.2) is 11.6 Å². The van der Waals surface area contributed by atoms with Crippen molar-refractivity contribution >= 4 is 5.97 Å². The van der Waals surface area contributed by atoms with E-state index in [1.807, 2.05) is 0 Å². The summed E-state index contributed by atoms with van der Waals surface area (Å²) in [6.07, 6.45) is 4.77. The maximum atomic E-state index is 10.6. The van der Waals surface area contributed by atoms with Crippen molar-refractivity contribution in [2.45, 2.75) is 33.1 Å². The molecule has 0 unspecified atom stereocenters. The van der Waals surface area contributed by atoms with Crippen LogP contribution in [-0.4, -0.2) is 11.2 Å². The second-order valence-corrected chi connectivity index (χ2v) is 2.41. The van der Waals surface area contributed by atoms with E-state index in [4.69, 9.17) is 5.26 Å². The Labute approximate surface area is 66.6 Å². The van der Waals surface area contributed by atoms with Crippen molar-refractivity contribution in [1.29, 1.82) is 0 Å². The molecule has 3 nitrogen and oxygen atoms in total. The summed E-state index contributed by atoms with van der Waals surface area (Å²) < 4.78 is 0. The summed E-state index contributed by atoms with van der Waals surface area (Å²) in [7, 11) is 0. The van der Waals surface area contributed by atoms with Gasteiger partial charge in [-0.05, 0) is 13.3 Å². The average Bonchev–Trinajstić information content (AvgIpc) is 2.03. The molecule has 0 fully saturated rings. The molecule has 0 aliphatic rings. The normalized spacial score (nSPS) is 11.4. The van der Waals surface area contributed by atoms with E-state index in [0.29, 0.717) is 5.57 Å². The molecule has 64 valence electrons. The number of unbranched alkanes of at least 4 members (excludes halogenated alkanes) is 2. The standard InChI is InChI=1S/C8H14O3/c1-3-4-5-6-7(2)8(9)11-10/h6,10H,3-5H2,1-2H3. The lowest BCUT2D eigenvalue weighted by molar-refractivity contribution is -0.229. The Kier molecular flexibility index (Phi) is 5.47. The summed E-state index contributed by atoms with van der Waals surface area (Å²) in [4.78, 5) is 14.1. The largest absolute Gasteiger partial charge is 0.368 e. The third-order valence-electron chi connectivity index (χ3n) is 1.41. The molecule has 0 spiro atoms. The average molecular weight is 158 g/mol. The molecule has 3 heteroatoms. The third-order valence-corrected chi connectivity index (χ3v) is 1.41. The van der Waals surface area contributed by atoms with Gasteiger partial charge < -0.3 is 0 Å². The van der Waals surface area contributed by atoms with E-state index in [9.17, 15) is 4.79 Å². The number of hydrogen-bond donors (Lipinski definition) is 1. The van der Waals surface area contributed by atoms with Crippen LogP contribution in [0.3, 0.4) is 0 Å². The number of allylic oxidation sites excluding steroid dienone is 1. The molecule has 0 radical (unpaired) electrons. The maximum absolute atomic E-state index is 10.6. The third kappa shape index (κ3) is 4.56. The molecule has 0 aliphatic heterocycles. The van der Waals surface area contributed by atoms with E-state index in [1.54, 1.807) is 13.0 Å². The zero-order valence-corrected chi connectivity index (χ0v) is 6.96. The summed E-state index contributed by atoms with van der Waals surface area (Å²) in [5, 5.41) is 7.97. The fourth-order valence-electron chi connectivity index (χ4n) is 0.678. The van der Waals surface area contributed by atoms with Gasteiger partial charge in [0.15, 0.2) is 0 Å². The number of carbonyl (C=O) groups is 1. The summed E-state index contributed by atoms with van der Waals surface area (Å²) in [6.45, 7) is 3.70. The molecule has 0 saturated carbocycles. The van der Waals surface area contributed by atoms with Crippen molar-refractivity contribution in [2.24, 2.45) is 0 Å². The van der Waals surface area contributed by atoms with Gasteiger partial charge in [-0.3, -0.25) is 4.89 Å². The molecular weight excluding hydrogens is 144 g/mol. The SMILES string of the molecule is CCCCC=C(C)C(=O)OO. The van der Waals surface area contributed by atoms with Gasteiger partial charge >= 0.3 is 5.97 Å². The Bertz CT molecular complexity index is 149. The number of carbonyl (C=O) groups excluding carboxylic acids is 1. The Hall–Kier alpha value is -0.830. The first-order chi connectivity index (χ1) is 5.22. The van der Waals surface area contributed by atoms with Gasteiger partial charge in [-0.15, -0.1) is 0 Å². The van der Waals surface area contributed by atoms with Gasteiger partial charge in [0.1, 0.15) is 0 Å². The van der Waals surface area contributed by atoms with E-state index in [0.717, 1.165) is 19.3 Å². The van der Waals surface area contributed by atoms with Gasteiger partial charge in [0.05, 0.1) is 0 Å². The minimum absolute atomic E-state index is 0.459. The molecule has 0 aromatic carbocycles. The van der Waals surface area contributed by atoms with E-state index in [2.05, 4.69) is 11.8 Å². The first-order valence-electron chi connectivity index (χ1n) is 3.74. The molecule has 0 heterocycles. The molecule has 1 N–H and O–H groups in total. The number of hydrogen-bond acceptors (Lipinski definition) is 3. The summed E-state index contributed by atoms with van der Waals surface area (Å²) in [6, 6.07) is 0. The Balaban J connectivity index is 3.71. The molecule has 0 saturated heterocycles. The lowest BCUT2D eigenvalue weighted by atomic mass is 10.2. The van der Waals surface area contributed by atoms with Gasteiger partial charge in [-0.25, -0.2) is 4.79 Å². The second kappa shape index (κ2) is 5.92. The zero-order chi connectivity index (χ0) is 8.69. The van der Waals surface area contributed by atoms with Crippen LogP contribution >= 0.6 is 0 Å². The van der Waals surface area contributed by atoms with Gasteiger partial charge in [-0.2, -0.15) is 5.26 Å². The lowest BCUT2D eigenvalue weighted by Crippen LogP contribution is -2.01. The molecule has 0 rings (SSSR count). The Morgan fingerprint density at radius 1 is 1.64 bits per heavy atom. The smallest absolute Gasteiger partial charge is 0.296 e. The molecule has 0 bridgehead atoms. The molecule has 0 aliphatic carbocycles. The van der Waals surface area contributed by atoms with Gasteiger partial charge in [-0.1, -0.05) is 25.8 Å². The van der Waals surface area contributed by atoms with Gasteiger partial charge in [0.25, 0.3) is 0 Å². The highest BCUT2D eigenvalue weighted by Gasteiger charge is 2.02. The first-order valence-corrected chi connectivity index (χ1v) is 3.74. The fourth-order valence-corrected chi connectivity index (χ4v) is 0.678. The predicted octanol–water partition coefficient (Wildman–Crippen LogP) is 2.14. The monoisotopic (exact) mass is 158 g/mol. The minimum atomic E-state index is -0.666. The molecule has 0 aromatic rings. The second-order valence-electron chi connectivity index (χ2n) is 2.41. The van der Waals surface area contributed by atoms with Crippen LogP contribution in [-0.2, 0) is 9.68 Å². The first kappa shape index (κ1) is 10.2. The quantitative estimate of drug-likeness (QED) is 0.295. The van der Waals surface area contributed by atoms with Crippen molar-refractivity contribution in [3.8, 4) is 0 Å². The Morgan fingerprint density at radius 3 is 2.73 bits per heavy atom. The zero-order valence-electron chi connectivity index (χ0n) is 6.96. The highest BCUT2D eigenvalue weighted by molar-refractivity contribution is 5.87. The van der Waals surface area contributed by atoms with E-state index in [1.165, 1.54) is 0 Å². The highest BCUT2D eigenvalue weighted by Crippen LogP contribution is 2.01. The van der Waals surface area contributed by atoms with Gasteiger partial charge in [0.2, 0.25) is 0 Å². The molecule has 11 heavy (non-hydrogen) atoms. The van der Waals surface area contributed by atoms with Crippen molar-refractivity contribution in [3.63, 3.8) is 0 Å². The van der Waals surface area contributed by atoms with Crippen molar-refractivity contribution in [3.05, 3.63) is 11.6 Å². The van der Waals surface area contributed by atoms with Crippen LogP contribution in [0, 0.1) is 0 Å². The fraction of sp³-hybridized carbons (Fsp3) is 0.625. The lowest BCUT2D eigenvalue weighted by Gasteiger charge is -1.95. The van der Waals surface area contributed by atoms with Crippen LogP contribution in [0.5, 0.6) is 0 Å². The van der Waals surface area contributed by atoms with Crippen LogP contribution in [0.1, 0.15) is 33.1 Å². The summed E-state index contributed by atoms with van der Waals surface area (Å²) in [5.41, 5.74) is 0.459. The maximum Gasteiger partial charge on any atom is 0.368 e.